The van der Waals surface area contributed by atoms with Crippen molar-refractivity contribution in [2.45, 2.75) is 6.54 Å². The van der Waals surface area contributed by atoms with Gasteiger partial charge in [0.05, 0.1) is 13.2 Å². The summed E-state index contributed by atoms with van der Waals surface area (Å²) in [5.74, 6) is 0. The van der Waals surface area contributed by atoms with E-state index in [0.29, 0.717) is 24.2 Å². The van der Waals surface area contributed by atoms with E-state index in [9.17, 15) is 4.79 Å². The number of methoxy groups -OCH3 is 1. The number of rotatable bonds is 3. The third kappa shape index (κ3) is 2.00. The van der Waals surface area contributed by atoms with E-state index in [0.717, 1.165) is 0 Å². The smallest absolute Gasteiger partial charge is 0.262 e. The Hall–Kier alpha value is -1.40. The van der Waals surface area contributed by atoms with Gasteiger partial charge in [-0.3, -0.25) is 14.5 Å². The molecule has 2 aromatic heterocycles. The van der Waals surface area contributed by atoms with Crippen molar-refractivity contribution in [2.75, 3.05) is 13.7 Å². The topological polar surface area (TPSA) is 72.8 Å². The average molecular weight is 229 g/mol. The van der Waals surface area contributed by atoms with E-state index in [1.54, 1.807) is 18.0 Å². The molecular formula is C8H9ClN4O2. The summed E-state index contributed by atoms with van der Waals surface area (Å²) in [6.45, 7) is 1.10. The van der Waals surface area contributed by atoms with Crippen LogP contribution in [0.15, 0.2) is 11.0 Å². The summed E-state index contributed by atoms with van der Waals surface area (Å²) in [6, 6.07) is 0. The zero-order valence-electron chi connectivity index (χ0n) is 8.03. The zero-order chi connectivity index (χ0) is 10.8. The van der Waals surface area contributed by atoms with Crippen LogP contribution in [0.4, 0.5) is 0 Å². The number of nitrogens with zero attached hydrogens (tertiary/aromatic N) is 3. The molecule has 0 aliphatic rings. The van der Waals surface area contributed by atoms with Crippen molar-refractivity contribution in [3.8, 4) is 0 Å². The Kier molecular flexibility index (Phi) is 2.70. The second-order valence-corrected chi connectivity index (χ2v) is 3.34. The Balaban J connectivity index is 2.46. The standard InChI is InChI=1S/C8H9ClN4O2/c1-15-3-2-13-4-5-6(12-13)10-8(9)11-7(5)14/h4H,2-3H2,1H3,(H,10,11,12,14). The summed E-state index contributed by atoms with van der Waals surface area (Å²) in [5, 5.41) is 4.57. The molecule has 7 heteroatoms. The van der Waals surface area contributed by atoms with Crippen LogP contribution in [0.1, 0.15) is 0 Å². The van der Waals surface area contributed by atoms with Crippen LogP contribution < -0.4 is 5.56 Å². The SMILES string of the molecule is COCCn1cc2c(=O)[nH]c(Cl)nc2n1. The van der Waals surface area contributed by atoms with Crippen LogP contribution in [0.3, 0.4) is 0 Å². The first-order chi connectivity index (χ1) is 7.20. The molecular weight excluding hydrogens is 220 g/mol. The Labute approximate surface area is 89.8 Å². The third-order valence-electron chi connectivity index (χ3n) is 1.93. The van der Waals surface area contributed by atoms with Crippen LogP contribution in [0.5, 0.6) is 0 Å². The maximum Gasteiger partial charge on any atom is 0.262 e. The average Bonchev–Trinajstić information content (AvgIpc) is 2.57. The number of hydrogen-bond acceptors (Lipinski definition) is 4. The lowest BCUT2D eigenvalue weighted by atomic mass is 10.4. The third-order valence-corrected chi connectivity index (χ3v) is 2.11. The van der Waals surface area contributed by atoms with Crippen molar-refractivity contribution >= 4 is 22.6 Å². The van der Waals surface area contributed by atoms with E-state index in [2.05, 4.69) is 15.1 Å². The molecule has 0 atom stereocenters. The Morgan fingerprint density at radius 2 is 2.47 bits per heavy atom. The molecule has 2 rings (SSSR count). The van der Waals surface area contributed by atoms with E-state index in [1.807, 2.05) is 0 Å². The summed E-state index contributed by atoms with van der Waals surface area (Å²) in [4.78, 5) is 17.7. The van der Waals surface area contributed by atoms with Gasteiger partial charge in [0.25, 0.3) is 5.56 Å². The molecule has 0 unspecified atom stereocenters. The van der Waals surface area contributed by atoms with Gasteiger partial charge in [-0.25, -0.2) is 0 Å². The number of halogens is 1. The van der Waals surface area contributed by atoms with Crippen molar-refractivity contribution in [3.63, 3.8) is 0 Å². The van der Waals surface area contributed by atoms with Crippen LogP contribution >= 0.6 is 11.6 Å². The lowest BCUT2D eigenvalue weighted by molar-refractivity contribution is 0.184. The van der Waals surface area contributed by atoms with Crippen LogP contribution in [0.25, 0.3) is 11.0 Å². The van der Waals surface area contributed by atoms with E-state index in [4.69, 9.17) is 16.3 Å². The molecule has 0 aliphatic heterocycles. The van der Waals surface area contributed by atoms with Crippen LogP contribution in [-0.4, -0.2) is 33.5 Å². The first kappa shape index (κ1) is 10.1. The van der Waals surface area contributed by atoms with Gasteiger partial charge < -0.3 is 4.74 Å². The molecule has 0 amide bonds. The van der Waals surface area contributed by atoms with E-state index >= 15 is 0 Å². The van der Waals surface area contributed by atoms with Crippen molar-refractivity contribution in [1.82, 2.24) is 19.7 Å². The van der Waals surface area contributed by atoms with Gasteiger partial charge in [0.2, 0.25) is 5.28 Å². The molecule has 6 nitrogen and oxygen atoms in total. The highest BCUT2D eigenvalue weighted by atomic mass is 35.5. The second-order valence-electron chi connectivity index (χ2n) is 2.98. The summed E-state index contributed by atoms with van der Waals surface area (Å²) in [7, 11) is 1.60. The van der Waals surface area contributed by atoms with Crippen LogP contribution in [0, 0.1) is 0 Å². The number of H-pyrrole nitrogens is 1. The van der Waals surface area contributed by atoms with Crippen molar-refractivity contribution < 1.29 is 4.74 Å². The molecule has 80 valence electrons. The Bertz CT molecular complexity index is 533. The fourth-order valence-electron chi connectivity index (χ4n) is 1.24. The second kappa shape index (κ2) is 4.00. The molecule has 15 heavy (non-hydrogen) atoms. The van der Waals surface area contributed by atoms with Crippen molar-refractivity contribution in [1.29, 1.82) is 0 Å². The lowest BCUT2D eigenvalue weighted by Crippen LogP contribution is -2.06. The molecule has 0 aromatic carbocycles. The number of aromatic amines is 1. The van der Waals surface area contributed by atoms with Crippen LogP contribution in [0.2, 0.25) is 5.28 Å². The summed E-state index contributed by atoms with van der Waals surface area (Å²) in [6.07, 6.45) is 1.62. The van der Waals surface area contributed by atoms with Gasteiger partial charge in [-0.1, -0.05) is 0 Å². The maximum atomic E-state index is 11.4. The van der Waals surface area contributed by atoms with E-state index in [-0.39, 0.29) is 10.8 Å². The molecule has 2 aromatic rings. The van der Waals surface area contributed by atoms with Gasteiger partial charge in [-0.05, 0) is 11.6 Å². The summed E-state index contributed by atoms with van der Waals surface area (Å²) < 4.78 is 6.51. The zero-order valence-corrected chi connectivity index (χ0v) is 8.78. The predicted octanol–water partition coefficient (Wildman–Crippen LogP) is 0.419. The number of ether oxygens (including phenoxy) is 1. The van der Waals surface area contributed by atoms with Gasteiger partial charge in [-0.15, -0.1) is 0 Å². The minimum atomic E-state index is -0.284. The number of nitrogens with one attached hydrogen (secondary N) is 1. The minimum Gasteiger partial charge on any atom is -0.383 e. The normalized spacial score (nSPS) is 11.1. The van der Waals surface area contributed by atoms with Gasteiger partial charge in [0, 0.05) is 13.3 Å². The highest BCUT2D eigenvalue weighted by molar-refractivity contribution is 6.28. The first-order valence-corrected chi connectivity index (χ1v) is 4.70. The number of aromatic nitrogens is 4. The molecule has 0 bridgehead atoms. The number of fused-ring (bicyclic) bond motifs is 1. The molecule has 1 N–H and O–H groups in total. The van der Waals surface area contributed by atoms with Gasteiger partial charge in [-0.2, -0.15) is 10.1 Å². The first-order valence-electron chi connectivity index (χ1n) is 4.32. The molecule has 0 saturated heterocycles. The summed E-state index contributed by atoms with van der Waals surface area (Å²) >= 11 is 5.60. The predicted molar refractivity (Wildman–Crippen MR) is 55.0 cm³/mol. The largest absolute Gasteiger partial charge is 0.383 e. The molecule has 0 aliphatic carbocycles. The van der Waals surface area contributed by atoms with Crippen molar-refractivity contribution in [3.05, 3.63) is 21.8 Å². The van der Waals surface area contributed by atoms with E-state index in [1.165, 1.54) is 0 Å². The molecule has 0 saturated carbocycles. The minimum absolute atomic E-state index is 0.0458. The highest BCUT2D eigenvalue weighted by Crippen LogP contribution is 2.06. The van der Waals surface area contributed by atoms with E-state index < -0.39 is 0 Å². The number of hydrogen-bond donors (Lipinski definition) is 1. The highest BCUT2D eigenvalue weighted by Gasteiger charge is 2.06. The maximum absolute atomic E-state index is 11.4. The molecule has 0 radical (unpaired) electrons. The fourth-order valence-corrected chi connectivity index (χ4v) is 1.40. The molecule has 0 fully saturated rings. The summed E-state index contributed by atoms with van der Waals surface area (Å²) in [5.41, 5.74) is 0.0634. The van der Waals surface area contributed by atoms with Gasteiger partial charge in [0.15, 0.2) is 5.65 Å². The molecule has 2 heterocycles. The monoisotopic (exact) mass is 228 g/mol. The van der Waals surface area contributed by atoms with Gasteiger partial charge in [0.1, 0.15) is 5.39 Å². The quantitative estimate of drug-likeness (QED) is 0.773. The fraction of sp³-hybridized carbons (Fsp3) is 0.375. The van der Waals surface area contributed by atoms with Crippen molar-refractivity contribution in [2.24, 2.45) is 0 Å². The Morgan fingerprint density at radius 3 is 3.20 bits per heavy atom. The lowest BCUT2D eigenvalue weighted by Gasteiger charge is -1.97. The van der Waals surface area contributed by atoms with Gasteiger partial charge >= 0.3 is 0 Å². The van der Waals surface area contributed by atoms with Crippen LogP contribution in [-0.2, 0) is 11.3 Å². The Morgan fingerprint density at radius 1 is 1.67 bits per heavy atom. The molecule has 0 spiro atoms.